The minimum Gasteiger partial charge on any atom is -0.330 e. The molecule has 0 aliphatic carbocycles. The fraction of sp³-hybridized carbons (Fsp3) is 0.467. The first-order chi connectivity index (χ1) is 11.9. The number of nitrogens with zero attached hydrogens (tertiary/aromatic N) is 3. The maximum atomic E-state index is 13.0. The van der Waals surface area contributed by atoms with Crippen LogP contribution in [0.4, 0.5) is 15.2 Å². The van der Waals surface area contributed by atoms with Crippen molar-refractivity contribution in [1.29, 1.82) is 0 Å². The SMILES string of the molecule is CCN(Cn1nc(Nc2ccc(F)cc2)sc1=S)[C@@H]1CCS(=O)(=O)C1. The number of benzene rings is 1. The van der Waals surface area contributed by atoms with Gasteiger partial charge in [0.25, 0.3) is 0 Å². The number of halogens is 1. The Kier molecular flexibility index (Phi) is 5.52. The molecule has 1 aromatic heterocycles. The molecule has 2 heterocycles. The molecule has 1 aliphatic heterocycles. The number of rotatable bonds is 6. The molecule has 25 heavy (non-hydrogen) atoms. The van der Waals surface area contributed by atoms with Crippen LogP contribution in [0, 0.1) is 9.77 Å². The van der Waals surface area contributed by atoms with Crippen LogP contribution in [0.2, 0.25) is 0 Å². The summed E-state index contributed by atoms with van der Waals surface area (Å²) in [6.07, 6.45) is 0.647. The highest BCUT2D eigenvalue weighted by Crippen LogP contribution is 2.22. The summed E-state index contributed by atoms with van der Waals surface area (Å²) in [5.74, 6) is 0.140. The molecule has 1 aliphatic rings. The predicted molar refractivity (Wildman–Crippen MR) is 100 cm³/mol. The molecule has 1 atom stereocenters. The van der Waals surface area contributed by atoms with E-state index >= 15 is 0 Å². The average Bonchev–Trinajstić information content (AvgIpc) is 3.09. The van der Waals surface area contributed by atoms with Crippen molar-refractivity contribution in [2.45, 2.75) is 26.1 Å². The Morgan fingerprint density at radius 3 is 2.76 bits per heavy atom. The number of nitrogens with one attached hydrogen (secondary N) is 1. The van der Waals surface area contributed by atoms with E-state index in [1.807, 2.05) is 6.92 Å². The van der Waals surface area contributed by atoms with Crippen molar-refractivity contribution >= 4 is 44.2 Å². The van der Waals surface area contributed by atoms with Crippen molar-refractivity contribution in [2.24, 2.45) is 0 Å². The normalized spacial score (nSPS) is 19.4. The van der Waals surface area contributed by atoms with Crippen molar-refractivity contribution in [1.82, 2.24) is 14.7 Å². The Labute approximate surface area is 155 Å². The molecule has 3 rings (SSSR count). The molecule has 0 saturated carbocycles. The zero-order valence-corrected chi connectivity index (χ0v) is 16.1. The van der Waals surface area contributed by atoms with E-state index in [1.165, 1.54) is 23.5 Å². The van der Waals surface area contributed by atoms with Gasteiger partial charge in [-0.1, -0.05) is 18.3 Å². The maximum Gasteiger partial charge on any atom is 0.209 e. The molecule has 6 nitrogen and oxygen atoms in total. The minimum atomic E-state index is -2.93. The maximum absolute atomic E-state index is 13.0. The third-order valence-corrected chi connectivity index (χ3v) is 7.12. The van der Waals surface area contributed by atoms with Crippen LogP contribution in [0.1, 0.15) is 13.3 Å². The monoisotopic (exact) mass is 402 g/mol. The van der Waals surface area contributed by atoms with Crippen molar-refractivity contribution < 1.29 is 12.8 Å². The van der Waals surface area contributed by atoms with Crippen LogP contribution in [0.25, 0.3) is 0 Å². The van der Waals surface area contributed by atoms with Gasteiger partial charge in [-0.2, -0.15) is 0 Å². The number of anilines is 2. The van der Waals surface area contributed by atoms with Crippen molar-refractivity contribution in [3.05, 3.63) is 34.0 Å². The van der Waals surface area contributed by atoms with Gasteiger partial charge >= 0.3 is 0 Å². The van der Waals surface area contributed by atoms with Gasteiger partial charge in [-0.05, 0) is 49.4 Å². The number of sulfone groups is 1. The molecule has 1 fully saturated rings. The Morgan fingerprint density at radius 2 is 2.16 bits per heavy atom. The van der Waals surface area contributed by atoms with Crippen LogP contribution < -0.4 is 5.32 Å². The lowest BCUT2D eigenvalue weighted by atomic mass is 10.2. The first-order valence-corrected chi connectivity index (χ1v) is 11.0. The standard InChI is InChI=1S/C15H19FN4O2S3/c1-2-19(13-7-8-25(21,22)9-13)10-20-15(23)24-14(18-20)17-12-5-3-11(16)4-6-12/h3-6,13H,2,7-10H2,1H3,(H,17,18)/t13-/m1/s1. The smallest absolute Gasteiger partial charge is 0.209 e. The van der Waals surface area contributed by atoms with Gasteiger partial charge in [-0.25, -0.2) is 17.5 Å². The Morgan fingerprint density at radius 1 is 1.44 bits per heavy atom. The topological polar surface area (TPSA) is 67.2 Å². The summed E-state index contributed by atoms with van der Waals surface area (Å²) in [4.78, 5) is 2.09. The molecular formula is C15H19FN4O2S3. The quantitative estimate of drug-likeness (QED) is 0.749. The summed E-state index contributed by atoms with van der Waals surface area (Å²) < 4.78 is 38.7. The molecule has 0 spiro atoms. The van der Waals surface area contributed by atoms with Crippen LogP contribution >= 0.6 is 23.6 Å². The van der Waals surface area contributed by atoms with Gasteiger partial charge < -0.3 is 5.32 Å². The van der Waals surface area contributed by atoms with Gasteiger partial charge in [-0.3, -0.25) is 4.90 Å². The summed E-state index contributed by atoms with van der Waals surface area (Å²) in [7, 11) is -2.93. The highest BCUT2D eigenvalue weighted by Gasteiger charge is 2.31. The van der Waals surface area contributed by atoms with Crippen LogP contribution in [-0.4, -0.2) is 47.2 Å². The van der Waals surface area contributed by atoms with E-state index < -0.39 is 9.84 Å². The fourth-order valence-corrected chi connectivity index (χ4v) is 5.59. The zero-order valence-electron chi connectivity index (χ0n) is 13.7. The molecular weight excluding hydrogens is 383 g/mol. The molecule has 0 radical (unpaired) electrons. The Balaban J connectivity index is 1.71. The van der Waals surface area contributed by atoms with E-state index in [-0.39, 0.29) is 23.4 Å². The van der Waals surface area contributed by atoms with Gasteiger partial charge in [0, 0.05) is 11.7 Å². The van der Waals surface area contributed by atoms with Crippen molar-refractivity contribution in [2.75, 3.05) is 23.4 Å². The lowest BCUT2D eigenvalue weighted by Gasteiger charge is -2.25. The van der Waals surface area contributed by atoms with Crippen molar-refractivity contribution in [3.63, 3.8) is 0 Å². The number of hydrogen-bond donors (Lipinski definition) is 1. The predicted octanol–water partition coefficient (Wildman–Crippen LogP) is 3.02. The third kappa shape index (κ3) is 4.63. The van der Waals surface area contributed by atoms with Gasteiger partial charge in [-0.15, -0.1) is 5.10 Å². The van der Waals surface area contributed by atoms with Crippen molar-refractivity contribution in [3.8, 4) is 0 Å². The van der Waals surface area contributed by atoms with Gasteiger partial charge in [0.05, 0.1) is 18.2 Å². The molecule has 0 unspecified atom stereocenters. The molecule has 1 aromatic carbocycles. The Hall–Kier alpha value is -1.36. The van der Waals surface area contributed by atoms with E-state index in [2.05, 4.69) is 15.3 Å². The molecule has 0 bridgehead atoms. The molecule has 10 heteroatoms. The van der Waals surface area contributed by atoms with Crippen LogP contribution in [0.3, 0.4) is 0 Å². The molecule has 0 amide bonds. The van der Waals surface area contributed by atoms with E-state index in [9.17, 15) is 12.8 Å². The lowest BCUT2D eigenvalue weighted by molar-refractivity contribution is 0.165. The highest BCUT2D eigenvalue weighted by molar-refractivity contribution is 7.91. The Bertz CT molecular complexity index is 892. The van der Waals surface area contributed by atoms with Crippen LogP contribution in [0.15, 0.2) is 24.3 Å². The second kappa shape index (κ2) is 7.48. The average molecular weight is 403 g/mol. The van der Waals surface area contributed by atoms with E-state index in [4.69, 9.17) is 12.2 Å². The number of hydrogen-bond acceptors (Lipinski definition) is 7. The first kappa shape index (κ1) is 18.4. The number of aromatic nitrogens is 2. The van der Waals surface area contributed by atoms with Crippen LogP contribution in [-0.2, 0) is 16.5 Å². The molecule has 1 saturated heterocycles. The van der Waals surface area contributed by atoms with E-state index in [0.29, 0.717) is 22.2 Å². The highest BCUT2D eigenvalue weighted by atomic mass is 32.2. The van der Waals surface area contributed by atoms with E-state index in [0.717, 1.165) is 12.2 Å². The van der Waals surface area contributed by atoms with Gasteiger partial charge in [0.2, 0.25) is 5.13 Å². The molecule has 1 N–H and O–H groups in total. The largest absolute Gasteiger partial charge is 0.330 e. The first-order valence-electron chi connectivity index (χ1n) is 7.91. The minimum absolute atomic E-state index is 0.00658. The summed E-state index contributed by atoms with van der Waals surface area (Å²) in [5.41, 5.74) is 0.728. The van der Waals surface area contributed by atoms with Gasteiger partial charge in [0.1, 0.15) is 5.82 Å². The summed E-state index contributed by atoms with van der Waals surface area (Å²) >= 11 is 6.70. The molecule has 136 valence electrons. The second-order valence-corrected chi connectivity index (χ2v) is 9.76. The second-order valence-electron chi connectivity index (χ2n) is 5.91. The van der Waals surface area contributed by atoms with E-state index in [1.54, 1.807) is 16.8 Å². The summed E-state index contributed by atoms with van der Waals surface area (Å²) in [6.45, 7) is 3.18. The summed E-state index contributed by atoms with van der Waals surface area (Å²) in [6, 6.07) is 6.01. The summed E-state index contributed by atoms with van der Waals surface area (Å²) in [5, 5.41) is 8.18. The zero-order chi connectivity index (χ0) is 18.0. The lowest BCUT2D eigenvalue weighted by Crippen LogP contribution is -2.37. The molecule has 2 aromatic rings. The third-order valence-electron chi connectivity index (χ3n) is 4.15. The van der Waals surface area contributed by atoms with Crippen LogP contribution in [0.5, 0.6) is 0 Å². The van der Waals surface area contributed by atoms with Gasteiger partial charge in [0.15, 0.2) is 13.8 Å². The fourth-order valence-electron chi connectivity index (χ4n) is 2.81.